The second-order valence-corrected chi connectivity index (χ2v) is 15.0. The first-order valence-electron chi connectivity index (χ1n) is 18.7. The van der Waals surface area contributed by atoms with Crippen LogP contribution >= 0.6 is 31.9 Å². The Morgan fingerprint density at radius 1 is 0.472 bits per heavy atom. The fraction of sp³-hybridized carbons (Fsp3) is 0.442. The van der Waals surface area contributed by atoms with Gasteiger partial charge in [0.05, 0.1) is 59.5 Å². The van der Waals surface area contributed by atoms with E-state index in [0.29, 0.717) is 91.8 Å². The number of hydrogen-bond acceptors (Lipinski definition) is 8. The number of ether oxygens (including phenoxy) is 8. The molecule has 0 saturated carbocycles. The lowest BCUT2D eigenvalue weighted by molar-refractivity contribution is -0.0316. The van der Waals surface area contributed by atoms with Crippen molar-refractivity contribution in [3.05, 3.63) is 114 Å². The molecule has 1 aliphatic carbocycles. The number of para-hydroxylation sites is 2. The van der Waals surface area contributed by atoms with E-state index in [0.717, 1.165) is 89.3 Å². The van der Waals surface area contributed by atoms with Gasteiger partial charge in [-0.3, -0.25) is 0 Å². The summed E-state index contributed by atoms with van der Waals surface area (Å²) in [4.78, 5) is 0. The molecule has 1 aliphatic heterocycles. The molecule has 10 bridgehead atoms. The van der Waals surface area contributed by atoms with Crippen LogP contribution in [-0.2, 0) is 44.6 Å². The molecule has 0 radical (unpaired) electrons. The van der Waals surface area contributed by atoms with Crippen LogP contribution in [0.1, 0.15) is 71.2 Å². The SMILES string of the molecule is CCCOc1c2cccc1Cc1cc(Br)cc3c1OCOCCOCCOCCOCCOc1c(cc(Br)cc1Cc1cccc(c1OCCC)C3)C2. The van der Waals surface area contributed by atoms with Gasteiger partial charge in [0.15, 0.2) is 6.79 Å². The Morgan fingerprint density at radius 3 is 1.23 bits per heavy atom. The first kappa shape index (κ1) is 39.6. The molecule has 4 aromatic carbocycles. The van der Waals surface area contributed by atoms with Gasteiger partial charge >= 0.3 is 0 Å². The van der Waals surface area contributed by atoms with Crippen molar-refractivity contribution >= 4 is 31.9 Å². The molecule has 0 spiro atoms. The number of hydrogen-bond donors (Lipinski definition) is 0. The number of rotatable bonds is 6. The lowest BCUT2D eigenvalue weighted by Crippen LogP contribution is -2.16. The first-order chi connectivity index (χ1) is 26.0. The van der Waals surface area contributed by atoms with Crippen LogP contribution in [0.4, 0.5) is 0 Å². The Balaban J connectivity index is 1.54. The van der Waals surface area contributed by atoms with Gasteiger partial charge in [-0.05, 0) is 59.4 Å². The summed E-state index contributed by atoms with van der Waals surface area (Å²) in [5, 5.41) is 0. The van der Waals surface area contributed by atoms with E-state index in [-0.39, 0.29) is 6.79 Å². The molecule has 284 valence electrons. The largest absolute Gasteiger partial charge is 0.493 e. The van der Waals surface area contributed by atoms with Crippen LogP contribution < -0.4 is 18.9 Å². The Kier molecular flexibility index (Phi) is 15.3. The number of fused-ring (bicyclic) bond motifs is 2. The molecular formula is C43H50Br2O8. The third kappa shape index (κ3) is 11.0. The summed E-state index contributed by atoms with van der Waals surface area (Å²) in [6, 6.07) is 21.5. The third-order valence-corrected chi connectivity index (χ3v) is 9.99. The van der Waals surface area contributed by atoms with Crippen molar-refractivity contribution in [3.8, 4) is 23.0 Å². The average molecular weight is 855 g/mol. The zero-order valence-corrected chi connectivity index (χ0v) is 34.0. The van der Waals surface area contributed by atoms with Crippen LogP contribution in [-0.4, -0.2) is 72.9 Å². The normalized spacial score (nSPS) is 16.0. The van der Waals surface area contributed by atoms with Crippen molar-refractivity contribution in [2.24, 2.45) is 0 Å². The highest BCUT2D eigenvalue weighted by molar-refractivity contribution is 9.10. The highest BCUT2D eigenvalue weighted by Gasteiger charge is 2.23. The maximum absolute atomic E-state index is 6.69. The topological polar surface area (TPSA) is 73.8 Å². The highest BCUT2D eigenvalue weighted by atomic mass is 79.9. The van der Waals surface area contributed by atoms with E-state index in [1.54, 1.807) is 0 Å². The van der Waals surface area contributed by atoms with Crippen LogP contribution in [0.3, 0.4) is 0 Å². The van der Waals surface area contributed by atoms with Gasteiger partial charge in [0, 0.05) is 56.9 Å². The van der Waals surface area contributed by atoms with E-state index < -0.39 is 0 Å². The maximum atomic E-state index is 6.69. The van der Waals surface area contributed by atoms with Crippen molar-refractivity contribution in [1.82, 2.24) is 0 Å². The first-order valence-corrected chi connectivity index (χ1v) is 20.3. The summed E-state index contributed by atoms with van der Waals surface area (Å²) >= 11 is 7.70. The zero-order chi connectivity index (χ0) is 36.8. The van der Waals surface area contributed by atoms with E-state index in [4.69, 9.17) is 37.9 Å². The van der Waals surface area contributed by atoms with E-state index in [9.17, 15) is 0 Å². The van der Waals surface area contributed by atoms with E-state index >= 15 is 0 Å². The summed E-state index contributed by atoms with van der Waals surface area (Å²) in [5.41, 5.74) is 8.56. The van der Waals surface area contributed by atoms with Crippen LogP contribution in [0.2, 0.25) is 0 Å². The molecule has 1 heterocycles. The van der Waals surface area contributed by atoms with Crippen molar-refractivity contribution < 1.29 is 37.9 Å². The number of halogens is 2. The van der Waals surface area contributed by atoms with E-state index in [1.165, 1.54) is 0 Å². The molecule has 6 rings (SSSR count). The molecule has 0 atom stereocenters. The van der Waals surface area contributed by atoms with Crippen molar-refractivity contribution in [2.75, 3.05) is 72.9 Å². The van der Waals surface area contributed by atoms with Crippen LogP contribution in [0, 0.1) is 0 Å². The second kappa shape index (κ2) is 20.5. The quantitative estimate of drug-likeness (QED) is 0.168. The lowest BCUT2D eigenvalue weighted by Gasteiger charge is -2.23. The van der Waals surface area contributed by atoms with Gasteiger partial charge < -0.3 is 37.9 Å². The predicted octanol–water partition coefficient (Wildman–Crippen LogP) is 9.26. The molecule has 0 saturated heterocycles. The summed E-state index contributed by atoms with van der Waals surface area (Å²) in [5.74, 6) is 3.45. The molecular weight excluding hydrogens is 804 g/mol. The Bertz CT molecular complexity index is 1580. The zero-order valence-electron chi connectivity index (χ0n) is 30.8. The van der Waals surface area contributed by atoms with Gasteiger partial charge in [-0.1, -0.05) is 82.1 Å². The number of benzene rings is 4. The Morgan fingerprint density at radius 2 is 0.830 bits per heavy atom. The maximum Gasteiger partial charge on any atom is 0.189 e. The van der Waals surface area contributed by atoms with Gasteiger partial charge in [-0.25, -0.2) is 0 Å². The Labute approximate surface area is 330 Å². The summed E-state index contributed by atoms with van der Waals surface area (Å²) in [6.07, 6.45) is 4.22. The minimum Gasteiger partial charge on any atom is -0.493 e. The van der Waals surface area contributed by atoms with Gasteiger partial charge in [0.1, 0.15) is 29.6 Å². The fourth-order valence-electron chi connectivity index (χ4n) is 6.77. The highest BCUT2D eigenvalue weighted by Crippen LogP contribution is 2.41. The van der Waals surface area contributed by atoms with E-state index in [1.807, 2.05) is 0 Å². The van der Waals surface area contributed by atoms with Crippen LogP contribution in [0.15, 0.2) is 69.6 Å². The summed E-state index contributed by atoms with van der Waals surface area (Å²) in [6.45, 7) is 9.16. The second-order valence-electron chi connectivity index (χ2n) is 13.2. The van der Waals surface area contributed by atoms with Gasteiger partial charge in [-0.2, -0.15) is 0 Å². The van der Waals surface area contributed by atoms with Crippen LogP contribution in [0.25, 0.3) is 0 Å². The molecule has 0 aromatic heterocycles. The fourth-order valence-corrected chi connectivity index (χ4v) is 7.88. The van der Waals surface area contributed by atoms with Crippen LogP contribution in [0.5, 0.6) is 23.0 Å². The summed E-state index contributed by atoms with van der Waals surface area (Å²) in [7, 11) is 0. The third-order valence-electron chi connectivity index (χ3n) is 9.07. The monoisotopic (exact) mass is 852 g/mol. The smallest absolute Gasteiger partial charge is 0.189 e. The molecule has 0 unspecified atom stereocenters. The molecule has 10 heteroatoms. The standard InChI is InChI=1S/C43H50Br2O8/c1-3-11-50-40-30-7-5-9-32(40)23-36-27-39(45)28-37-24-33-10-6-8-31(41(33)51-12-4-2)22-35-26-38(44)25-34(21-30)42(35)52-20-19-48-16-15-46-13-14-47-17-18-49-29-53-43(36)37/h5-10,25-28H,3-4,11-24,29H2,1-2H3. The minimum absolute atomic E-state index is 0.0869. The minimum atomic E-state index is 0.0869. The van der Waals surface area contributed by atoms with Crippen molar-refractivity contribution in [2.45, 2.75) is 52.4 Å². The molecule has 2 aliphatic rings. The lowest BCUT2D eigenvalue weighted by atomic mass is 9.91. The Hall–Kier alpha value is -3.12. The van der Waals surface area contributed by atoms with Crippen molar-refractivity contribution in [1.29, 1.82) is 0 Å². The van der Waals surface area contributed by atoms with Crippen molar-refractivity contribution in [3.63, 3.8) is 0 Å². The molecule has 8 nitrogen and oxygen atoms in total. The van der Waals surface area contributed by atoms with E-state index in [2.05, 4.69) is 106 Å². The van der Waals surface area contributed by atoms with Gasteiger partial charge in [0.25, 0.3) is 0 Å². The predicted molar refractivity (Wildman–Crippen MR) is 213 cm³/mol. The average Bonchev–Trinajstić information content (AvgIpc) is 3.13. The molecule has 4 aromatic rings. The van der Waals surface area contributed by atoms with Gasteiger partial charge in [-0.15, -0.1) is 0 Å². The molecule has 0 fully saturated rings. The molecule has 0 amide bonds. The molecule has 0 N–H and O–H groups in total. The van der Waals surface area contributed by atoms with Gasteiger partial charge in [0.2, 0.25) is 0 Å². The summed E-state index contributed by atoms with van der Waals surface area (Å²) < 4.78 is 51.7. The molecule has 53 heavy (non-hydrogen) atoms.